The van der Waals surface area contributed by atoms with Gasteiger partial charge in [0.05, 0.1) is 0 Å². The van der Waals surface area contributed by atoms with E-state index in [-0.39, 0.29) is 23.5 Å². The average Bonchev–Trinajstić information content (AvgIpc) is 2.88. The van der Waals surface area contributed by atoms with Gasteiger partial charge in [-0.05, 0) is 38.1 Å². The molecule has 1 atom stereocenters. The molecule has 1 aliphatic heterocycles. The number of hydrogen-bond acceptors (Lipinski definition) is 5. The molecule has 1 aromatic rings. The van der Waals surface area contributed by atoms with E-state index in [4.69, 9.17) is 9.52 Å². The Bertz CT molecular complexity index is 512. The minimum absolute atomic E-state index is 0.0821. The zero-order valence-corrected chi connectivity index (χ0v) is 11.8. The van der Waals surface area contributed by atoms with Crippen molar-refractivity contribution in [2.24, 2.45) is 0 Å². The number of likely N-dealkylation sites (N-methyl/N-ethyl adjacent to an activating group) is 1. The fourth-order valence-electron chi connectivity index (χ4n) is 2.30. The Morgan fingerprint density at radius 3 is 2.95 bits per heavy atom. The van der Waals surface area contributed by atoms with Crippen LogP contribution in [0.15, 0.2) is 21.6 Å². The van der Waals surface area contributed by atoms with Crippen LogP contribution in [-0.4, -0.2) is 44.1 Å². The maximum atomic E-state index is 12.1. The minimum atomic E-state index is -3.64. The second-order valence-electron chi connectivity index (χ2n) is 4.73. The molecule has 1 aliphatic rings. The molecule has 0 aromatic carbocycles. The van der Waals surface area contributed by atoms with E-state index in [1.54, 1.807) is 0 Å². The molecule has 19 heavy (non-hydrogen) atoms. The van der Waals surface area contributed by atoms with Crippen LogP contribution in [0, 0.1) is 0 Å². The maximum Gasteiger partial charge on any atom is 0.274 e. The van der Waals surface area contributed by atoms with Crippen LogP contribution in [0.1, 0.15) is 25.5 Å². The molecule has 1 fully saturated rings. The molecule has 7 heteroatoms. The molecule has 0 aliphatic carbocycles. The summed E-state index contributed by atoms with van der Waals surface area (Å²) >= 11 is 0. The quantitative estimate of drug-likeness (QED) is 0.826. The molecule has 6 nitrogen and oxygen atoms in total. The van der Waals surface area contributed by atoms with Crippen molar-refractivity contribution >= 4 is 10.0 Å². The van der Waals surface area contributed by atoms with Crippen LogP contribution >= 0.6 is 0 Å². The molecule has 0 amide bonds. The largest absolute Gasteiger partial charge is 0.446 e. The Morgan fingerprint density at radius 2 is 2.32 bits per heavy atom. The van der Waals surface area contributed by atoms with Crippen molar-refractivity contribution in [1.82, 2.24) is 9.62 Å². The van der Waals surface area contributed by atoms with Gasteiger partial charge < -0.3 is 14.4 Å². The van der Waals surface area contributed by atoms with Gasteiger partial charge in [-0.3, -0.25) is 0 Å². The molecule has 0 radical (unpaired) electrons. The van der Waals surface area contributed by atoms with Crippen molar-refractivity contribution in [2.45, 2.75) is 37.5 Å². The summed E-state index contributed by atoms with van der Waals surface area (Å²) < 4.78 is 32.0. The first-order valence-electron chi connectivity index (χ1n) is 6.49. The summed E-state index contributed by atoms with van der Waals surface area (Å²) in [7, 11) is -3.64. The third-order valence-corrected chi connectivity index (χ3v) is 4.73. The second kappa shape index (κ2) is 6.04. The second-order valence-corrected chi connectivity index (χ2v) is 6.38. The van der Waals surface area contributed by atoms with Gasteiger partial charge in [0.25, 0.3) is 10.0 Å². The summed E-state index contributed by atoms with van der Waals surface area (Å²) in [6.45, 7) is 4.43. The van der Waals surface area contributed by atoms with Crippen molar-refractivity contribution < 1.29 is 17.9 Å². The third-order valence-electron chi connectivity index (χ3n) is 3.33. The van der Waals surface area contributed by atoms with Gasteiger partial charge >= 0.3 is 0 Å². The van der Waals surface area contributed by atoms with Gasteiger partial charge in [-0.2, -0.15) is 0 Å². The Balaban J connectivity index is 2.04. The van der Waals surface area contributed by atoms with Crippen LogP contribution in [0.25, 0.3) is 0 Å². The first-order chi connectivity index (χ1) is 9.05. The van der Waals surface area contributed by atoms with Crippen molar-refractivity contribution in [1.29, 1.82) is 0 Å². The molecule has 0 bridgehead atoms. The smallest absolute Gasteiger partial charge is 0.274 e. The van der Waals surface area contributed by atoms with E-state index in [9.17, 15) is 8.42 Å². The predicted molar refractivity (Wildman–Crippen MR) is 70.1 cm³/mol. The van der Waals surface area contributed by atoms with Crippen LogP contribution in [-0.2, 0) is 16.6 Å². The maximum absolute atomic E-state index is 12.1. The predicted octanol–water partition coefficient (Wildman–Crippen LogP) is 0.534. The van der Waals surface area contributed by atoms with Gasteiger partial charge in [0, 0.05) is 12.6 Å². The van der Waals surface area contributed by atoms with Gasteiger partial charge in [-0.15, -0.1) is 0 Å². The fraction of sp³-hybridized carbons (Fsp3) is 0.667. The van der Waals surface area contributed by atoms with Gasteiger partial charge in [0.2, 0.25) is 5.09 Å². The molecule has 2 heterocycles. The van der Waals surface area contributed by atoms with E-state index in [2.05, 4.69) is 16.5 Å². The van der Waals surface area contributed by atoms with Crippen LogP contribution in [0.4, 0.5) is 0 Å². The van der Waals surface area contributed by atoms with Gasteiger partial charge in [-0.1, -0.05) is 6.92 Å². The number of piperidine rings is 1. The minimum Gasteiger partial charge on any atom is -0.446 e. The van der Waals surface area contributed by atoms with Gasteiger partial charge in [0.15, 0.2) is 0 Å². The van der Waals surface area contributed by atoms with Gasteiger partial charge in [-0.25, -0.2) is 13.1 Å². The SMILES string of the molecule is CCN1CCCC(NS(=O)(=O)c2ccc(CO)o2)C1. The Kier molecular flexibility index (Phi) is 4.62. The standard InChI is InChI=1S/C12H20N2O4S/c1-2-14-7-3-4-10(8-14)13-19(16,17)12-6-5-11(9-15)18-12/h5-6,10,13,15H,2-4,7-9H2,1H3. The molecule has 108 valence electrons. The van der Waals surface area contributed by atoms with E-state index in [1.165, 1.54) is 12.1 Å². The molecule has 1 saturated heterocycles. The van der Waals surface area contributed by atoms with Crippen molar-refractivity contribution in [2.75, 3.05) is 19.6 Å². The molecular weight excluding hydrogens is 268 g/mol. The molecule has 0 spiro atoms. The number of aliphatic hydroxyl groups excluding tert-OH is 1. The zero-order chi connectivity index (χ0) is 13.9. The first-order valence-corrected chi connectivity index (χ1v) is 7.97. The Morgan fingerprint density at radius 1 is 1.53 bits per heavy atom. The number of nitrogens with zero attached hydrogens (tertiary/aromatic N) is 1. The molecule has 1 aromatic heterocycles. The first kappa shape index (κ1) is 14.5. The number of rotatable bonds is 5. The van der Waals surface area contributed by atoms with E-state index >= 15 is 0 Å². The van der Waals surface area contributed by atoms with E-state index < -0.39 is 10.0 Å². The number of hydrogen-bond donors (Lipinski definition) is 2. The van der Waals surface area contributed by atoms with E-state index in [0.717, 1.165) is 32.5 Å². The van der Waals surface area contributed by atoms with E-state index in [1.807, 2.05) is 0 Å². The lowest BCUT2D eigenvalue weighted by atomic mass is 10.1. The molecule has 2 rings (SSSR count). The fourth-order valence-corrected chi connectivity index (χ4v) is 3.52. The summed E-state index contributed by atoms with van der Waals surface area (Å²) in [6.07, 6.45) is 1.82. The highest BCUT2D eigenvalue weighted by Gasteiger charge is 2.26. The summed E-state index contributed by atoms with van der Waals surface area (Å²) in [4.78, 5) is 2.22. The topological polar surface area (TPSA) is 82.8 Å². The summed E-state index contributed by atoms with van der Waals surface area (Å²) in [5, 5.41) is 8.75. The van der Waals surface area contributed by atoms with E-state index in [0.29, 0.717) is 0 Å². The van der Waals surface area contributed by atoms with Gasteiger partial charge in [0.1, 0.15) is 12.4 Å². The lowest BCUT2D eigenvalue weighted by Gasteiger charge is -2.31. The lowest BCUT2D eigenvalue weighted by molar-refractivity contribution is 0.210. The molecule has 1 unspecified atom stereocenters. The Labute approximate surface area is 113 Å². The van der Waals surface area contributed by atoms with Crippen LogP contribution in [0.3, 0.4) is 0 Å². The molecule has 2 N–H and O–H groups in total. The number of aliphatic hydroxyl groups is 1. The summed E-state index contributed by atoms with van der Waals surface area (Å²) in [5.74, 6) is 0.249. The number of nitrogens with one attached hydrogen (secondary N) is 1. The van der Waals surface area contributed by atoms with Crippen LogP contribution in [0.5, 0.6) is 0 Å². The highest BCUT2D eigenvalue weighted by atomic mass is 32.2. The average molecular weight is 288 g/mol. The molecule has 0 saturated carbocycles. The zero-order valence-electron chi connectivity index (χ0n) is 11.0. The van der Waals surface area contributed by atoms with Crippen molar-refractivity contribution in [3.8, 4) is 0 Å². The lowest BCUT2D eigenvalue weighted by Crippen LogP contribution is -2.47. The number of sulfonamides is 1. The monoisotopic (exact) mass is 288 g/mol. The Hall–Kier alpha value is -0.890. The van der Waals surface area contributed by atoms with Crippen LogP contribution < -0.4 is 4.72 Å². The normalized spacial score (nSPS) is 21.7. The van der Waals surface area contributed by atoms with Crippen LogP contribution in [0.2, 0.25) is 0 Å². The highest BCUT2D eigenvalue weighted by Crippen LogP contribution is 2.17. The highest BCUT2D eigenvalue weighted by molar-refractivity contribution is 7.89. The summed E-state index contributed by atoms with van der Waals surface area (Å²) in [5.41, 5.74) is 0. The van der Waals surface area contributed by atoms with Crippen molar-refractivity contribution in [3.05, 3.63) is 17.9 Å². The number of likely N-dealkylation sites (tertiary alicyclic amines) is 1. The third kappa shape index (κ3) is 3.56. The molecular formula is C12H20N2O4S. The number of furan rings is 1. The van der Waals surface area contributed by atoms with Crippen molar-refractivity contribution in [3.63, 3.8) is 0 Å². The summed E-state index contributed by atoms with van der Waals surface area (Å²) in [6, 6.07) is 2.75.